The van der Waals surface area contributed by atoms with Gasteiger partial charge in [-0.25, -0.2) is 9.97 Å². The van der Waals surface area contributed by atoms with E-state index in [4.69, 9.17) is 11.6 Å². The van der Waals surface area contributed by atoms with Crippen molar-refractivity contribution in [3.63, 3.8) is 0 Å². The van der Waals surface area contributed by atoms with Gasteiger partial charge >= 0.3 is 0 Å². The number of nitrogens with one attached hydrogen (secondary N) is 1. The summed E-state index contributed by atoms with van der Waals surface area (Å²) in [5.74, 6) is 1.49. The van der Waals surface area contributed by atoms with E-state index in [0.29, 0.717) is 36.1 Å². The van der Waals surface area contributed by atoms with Gasteiger partial charge in [0.15, 0.2) is 0 Å². The molecule has 0 radical (unpaired) electrons. The highest BCUT2D eigenvalue weighted by Crippen LogP contribution is 2.43. The molecule has 1 aliphatic carbocycles. The van der Waals surface area contributed by atoms with Crippen LogP contribution in [0.25, 0.3) is 0 Å². The zero-order valence-corrected chi connectivity index (χ0v) is 17.2. The minimum Gasteiger partial charge on any atom is -0.396 e. The molecule has 2 atom stereocenters. The van der Waals surface area contributed by atoms with Gasteiger partial charge in [-0.3, -0.25) is 14.8 Å². The fraction of sp³-hybridized carbons (Fsp3) is 0.600. The molecular weight excluding hydrogens is 392 g/mol. The van der Waals surface area contributed by atoms with E-state index in [9.17, 15) is 9.90 Å². The highest BCUT2D eigenvalue weighted by molar-refractivity contribution is 6.31. The highest BCUT2D eigenvalue weighted by atomic mass is 35.5. The molecule has 29 heavy (non-hydrogen) atoms. The number of nitrogens with zero attached hydrogens (tertiary/aromatic N) is 5. The van der Waals surface area contributed by atoms with Crippen LogP contribution in [0.2, 0.25) is 5.02 Å². The van der Waals surface area contributed by atoms with Crippen molar-refractivity contribution in [3.8, 4) is 0 Å². The molecule has 2 aromatic heterocycles. The number of aliphatic hydroxyl groups is 1. The average molecular weight is 417 g/mol. The molecule has 2 saturated heterocycles. The Morgan fingerprint density at radius 3 is 2.66 bits per heavy atom. The van der Waals surface area contributed by atoms with Crippen LogP contribution < -0.4 is 0 Å². The first-order valence-electron chi connectivity index (χ1n) is 10.1. The molecule has 3 fully saturated rings. The average Bonchev–Trinajstić information content (AvgIpc) is 3.36. The third-order valence-electron chi connectivity index (χ3n) is 6.61. The van der Waals surface area contributed by atoms with Gasteiger partial charge in [0, 0.05) is 56.5 Å². The van der Waals surface area contributed by atoms with Crippen molar-refractivity contribution in [2.24, 2.45) is 11.3 Å². The lowest BCUT2D eigenvalue weighted by Gasteiger charge is -2.27. The van der Waals surface area contributed by atoms with Crippen LogP contribution in [0.4, 0.5) is 0 Å². The maximum atomic E-state index is 13.0. The van der Waals surface area contributed by atoms with Gasteiger partial charge in [-0.2, -0.15) is 5.10 Å². The first kappa shape index (κ1) is 19.0. The molecule has 9 heteroatoms. The maximum absolute atomic E-state index is 13.0. The predicted octanol–water partition coefficient (Wildman–Crippen LogP) is 1.61. The zero-order valence-electron chi connectivity index (χ0n) is 16.4. The molecule has 2 unspecified atom stereocenters. The molecule has 5 rings (SSSR count). The van der Waals surface area contributed by atoms with Gasteiger partial charge in [-0.1, -0.05) is 11.6 Å². The molecule has 3 aliphatic rings. The van der Waals surface area contributed by atoms with Gasteiger partial charge < -0.3 is 10.0 Å². The van der Waals surface area contributed by atoms with Crippen molar-refractivity contribution in [1.29, 1.82) is 0 Å². The summed E-state index contributed by atoms with van der Waals surface area (Å²) in [6.45, 7) is 5.31. The molecule has 0 bridgehead atoms. The van der Waals surface area contributed by atoms with E-state index in [0.717, 1.165) is 43.1 Å². The second kappa shape index (κ2) is 7.04. The van der Waals surface area contributed by atoms with E-state index in [-0.39, 0.29) is 23.8 Å². The fourth-order valence-corrected chi connectivity index (χ4v) is 4.90. The number of aromatic nitrogens is 4. The minimum absolute atomic E-state index is 0.0490. The Morgan fingerprint density at radius 1 is 1.31 bits per heavy atom. The fourth-order valence-electron chi connectivity index (χ4n) is 4.76. The summed E-state index contributed by atoms with van der Waals surface area (Å²) in [6.07, 6.45) is 5.58. The molecule has 1 saturated carbocycles. The van der Waals surface area contributed by atoms with E-state index in [2.05, 4.69) is 25.1 Å². The quantitative estimate of drug-likeness (QED) is 0.768. The van der Waals surface area contributed by atoms with Crippen molar-refractivity contribution in [1.82, 2.24) is 30.0 Å². The highest BCUT2D eigenvalue weighted by Gasteiger charge is 2.53. The first-order chi connectivity index (χ1) is 14.0. The number of likely N-dealkylation sites (tertiary alicyclic amines) is 2. The Bertz CT molecular complexity index is 928. The summed E-state index contributed by atoms with van der Waals surface area (Å²) in [6, 6.07) is 0. The number of aryl methyl sites for hydroxylation is 1. The Balaban J connectivity index is 1.26. The number of halogens is 1. The summed E-state index contributed by atoms with van der Waals surface area (Å²) in [4.78, 5) is 25.8. The Kier molecular flexibility index (Phi) is 4.60. The Hall–Kier alpha value is -2.03. The van der Waals surface area contributed by atoms with Gasteiger partial charge in [-0.15, -0.1) is 0 Å². The number of fused-ring (bicyclic) bond motifs is 1. The normalized spacial score (nSPS) is 26.9. The zero-order chi connectivity index (χ0) is 20.2. The number of hydrogen-bond donors (Lipinski definition) is 2. The third kappa shape index (κ3) is 3.33. The lowest BCUT2D eigenvalue weighted by atomic mass is 9.82. The molecule has 2 aliphatic heterocycles. The molecule has 4 heterocycles. The molecule has 2 N–H and O–H groups in total. The van der Waals surface area contributed by atoms with Crippen LogP contribution in [0.15, 0.2) is 12.4 Å². The van der Waals surface area contributed by atoms with Gasteiger partial charge in [0.25, 0.3) is 5.91 Å². The van der Waals surface area contributed by atoms with Crippen LogP contribution in [0.5, 0.6) is 0 Å². The summed E-state index contributed by atoms with van der Waals surface area (Å²) in [7, 11) is 0. The van der Waals surface area contributed by atoms with Crippen LogP contribution in [0.1, 0.15) is 46.3 Å². The smallest absolute Gasteiger partial charge is 0.257 e. The van der Waals surface area contributed by atoms with Crippen molar-refractivity contribution >= 4 is 17.5 Å². The van der Waals surface area contributed by atoms with Crippen LogP contribution in [-0.2, 0) is 6.54 Å². The van der Waals surface area contributed by atoms with Crippen molar-refractivity contribution < 1.29 is 9.90 Å². The SMILES string of the molecule is Cc1[nH]nc(CN2CC3CN(C(=O)c4cnc(C5CC5)nc4)CC3(CO)C2)c1Cl. The van der Waals surface area contributed by atoms with Gasteiger partial charge in [0.05, 0.1) is 28.6 Å². The predicted molar refractivity (Wildman–Crippen MR) is 107 cm³/mol. The number of aliphatic hydroxyl groups excluding tert-OH is 1. The topological polar surface area (TPSA) is 98.2 Å². The molecule has 1 amide bonds. The molecular formula is C20H25ClN6O2. The van der Waals surface area contributed by atoms with E-state index in [1.165, 1.54) is 0 Å². The monoisotopic (exact) mass is 416 g/mol. The molecule has 154 valence electrons. The van der Waals surface area contributed by atoms with E-state index in [1.54, 1.807) is 12.4 Å². The van der Waals surface area contributed by atoms with E-state index in [1.807, 2.05) is 11.8 Å². The van der Waals surface area contributed by atoms with Crippen LogP contribution in [0.3, 0.4) is 0 Å². The van der Waals surface area contributed by atoms with Gasteiger partial charge in [0.2, 0.25) is 0 Å². The number of carbonyl (C=O) groups is 1. The van der Waals surface area contributed by atoms with Gasteiger partial charge in [-0.05, 0) is 25.7 Å². The summed E-state index contributed by atoms with van der Waals surface area (Å²) >= 11 is 6.31. The second-order valence-electron chi connectivity index (χ2n) is 8.79. The number of hydrogen-bond acceptors (Lipinski definition) is 6. The second-order valence-corrected chi connectivity index (χ2v) is 9.16. The Morgan fingerprint density at radius 2 is 2.07 bits per heavy atom. The molecule has 8 nitrogen and oxygen atoms in total. The van der Waals surface area contributed by atoms with Gasteiger partial charge in [0.1, 0.15) is 5.82 Å². The third-order valence-corrected chi connectivity index (χ3v) is 7.11. The van der Waals surface area contributed by atoms with E-state index >= 15 is 0 Å². The standard InChI is InChI=1S/C20H25ClN6O2/c1-12-17(21)16(25-24-12)8-26-6-15-7-27(10-20(15,9-26)11-28)19(29)14-4-22-18(23-5-14)13-2-3-13/h4-5,13,15,28H,2-3,6-11H2,1H3,(H,24,25). The lowest BCUT2D eigenvalue weighted by Crippen LogP contribution is -2.39. The van der Waals surface area contributed by atoms with Crippen molar-refractivity contribution in [2.45, 2.75) is 32.2 Å². The summed E-state index contributed by atoms with van der Waals surface area (Å²) in [5.41, 5.74) is 1.92. The Labute approximate surface area is 174 Å². The minimum atomic E-state index is -0.303. The number of aromatic amines is 1. The molecule has 0 spiro atoms. The summed E-state index contributed by atoms with van der Waals surface area (Å²) in [5, 5.41) is 18.1. The van der Waals surface area contributed by atoms with Crippen LogP contribution >= 0.6 is 11.6 Å². The number of amides is 1. The largest absolute Gasteiger partial charge is 0.396 e. The summed E-state index contributed by atoms with van der Waals surface area (Å²) < 4.78 is 0. The molecule has 0 aromatic carbocycles. The van der Waals surface area contributed by atoms with Crippen LogP contribution in [-0.4, -0.2) is 73.8 Å². The number of H-pyrrole nitrogens is 1. The number of carbonyl (C=O) groups excluding carboxylic acids is 1. The first-order valence-corrected chi connectivity index (χ1v) is 10.5. The van der Waals surface area contributed by atoms with Crippen LogP contribution in [0, 0.1) is 18.3 Å². The number of rotatable bonds is 5. The van der Waals surface area contributed by atoms with Crippen molar-refractivity contribution in [3.05, 3.63) is 40.2 Å². The maximum Gasteiger partial charge on any atom is 0.257 e. The van der Waals surface area contributed by atoms with Crippen molar-refractivity contribution in [2.75, 3.05) is 32.8 Å². The molecule has 2 aromatic rings. The lowest BCUT2D eigenvalue weighted by molar-refractivity contribution is 0.0717. The van der Waals surface area contributed by atoms with E-state index < -0.39 is 0 Å².